The van der Waals surface area contributed by atoms with Gasteiger partial charge in [-0.1, -0.05) is 6.92 Å². The molecule has 0 N–H and O–H groups in total. The summed E-state index contributed by atoms with van der Waals surface area (Å²) in [6, 6.07) is 11.2. The van der Waals surface area contributed by atoms with Gasteiger partial charge in [-0.15, -0.1) is 0 Å². The van der Waals surface area contributed by atoms with Crippen LogP contribution in [0.4, 0.5) is 5.69 Å². The second-order valence-corrected chi connectivity index (χ2v) is 5.58. The highest BCUT2D eigenvalue weighted by Crippen LogP contribution is 2.32. The Morgan fingerprint density at radius 1 is 1.13 bits per heavy atom. The minimum atomic E-state index is 0.0294. The number of ketones is 1. The first-order valence-corrected chi connectivity index (χ1v) is 7.65. The van der Waals surface area contributed by atoms with Gasteiger partial charge in [-0.25, -0.2) is 4.84 Å². The molecule has 0 amide bonds. The summed E-state index contributed by atoms with van der Waals surface area (Å²) in [7, 11) is 1.34. The van der Waals surface area contributed by atoms with Crippen LogP contribution in [0.2, 0.25) is 0 Å². The molecule has 0 saturated heterocycles. The minimum absolute atomic E-state index is 0.0294. The van der Waals surface area contributed by atoms with Gasteiger partial charge in [0, 0.05) is 46.0 Å². The molecule has 3 aromatic rings. The summed E-state index contributed by atoms with van der Waals surface area (Å²) < 4.78 is 2.22. The normalized spacial score (nSPS) is 11.1. The van der Waals surface area contributed by atoms with Gasteiger partial charge in [0.15, 0.2) is 12.9 Å². The zero-order valence-corrected chi connectivity index (χ0v) is 13.5. The van der Waals surface area contributed by atoms with Gasteiger partial charge in [0.1, 0.15) is 0 Å². The smallest absolute Gasteiger partial charge is 0.317 e. The molecule has 0 aliphatic rings. The highest BCUT2D eigenvalue weighted by molar-refractivity contribution is 6.11. The van der Waals surface area contributed by atoms with E-state index in [1.165, 1.54) is 7.11 Å². The Morgan fingerprint density at radius 3 is 2.39 bits per heavy atom. The van der Waals surface area contributed by atoms with Crippen molar-refractivity contribution < 1.29 is 14.6 Å². The molecule has 2 aromatic carbocycles. The topological polar surface area (TPSA) is 51.3 Å². The number of Topliss-reactive ketones (excluding diaryl/α,β-unsaturated/α-hetero) is 1. The quantitative estimate of drug-likeness (QED) is 0.519. The van der Waals surface area contributed by atoms with Crippen molar-refractivity contribution in [3.63, 3.8) is 0 Å². The Labute approximate surface area is 134 Å². The van der Waals surface area contributed by atoms with Crippen LogP contribution in [0.1, 0.15) is 30.6 Å². The maximum Gasteiger partial charge on any atom is 0.317 e. The second kappa shape index (κ2) is 5.83. The van der Waals surface area contributed by atoms with Gasteiger partial charge in [0.2, 0.25) is 0 Å². The average molecular weight is 311 g/mol. The van der Waals surface area contributed by atoms with E-state index < -0.39 is 0 Å². The number of aromatic nitrogens is 1. The van der Waals surface area contributed by atoms with Crippen LogP contribution in [0.3, 0.4) is 0 Å². The van der Waals surface area contributed by atoms with Crippen LogP contribution in [0.5, 0.6) is 0 Å². The molecule has 0 bridgehead atoms. The monoisotopic (exact) mass is 311 g/mol. The van der Waals surface area contributed by atoms with E-state index in [4.69, 9.17) is 4.84 Å². The van der Waals surface area contributed by atoms with Gasteiger partial charge >= 0.3 is 5.69 Å². The maximum atomic E-state index is 11.7. The number of hydrogen-bond donors (Lipinski definition) is 0. The first kappa shape index (κ1) is 15.2. The standard InChI is InChI=1S/C18H19N2O3/c1-4-9-19-17-7-5-13(12(2)21)10-15(17)16-11-14(20(22)23-3)6-8-18(16)19/h5-8,10-11H,4,9H2,1-3H3/q+1. The van der Waals surface area contributed by atoms with Crippen LogP contribution in [-0.4, -0.2) is 22.4 Å². The molecule has 0 radical (unpaired) electrons. The lowest BCUT2D eigenvalue weighted by Crippen LogP contribution is -1.98. The zero-order valence-electron chi connectivity index (χ0n) is 13.5. The van der Waals surface area contributed by atoms with E-state index in [1.807, 2.05) is 30.3 Å². The Balaban J connectivity index is 2.37. The molecule has 0 spiro atoms. The summed E-state index contributed by atoms with van der Waals surface area (Å²) in [4.78, 5) is 28.6. The fraction of sp³-hybridized carbons (Fsp3) is 0.278. The number of rotatable bonds is 5. The molecular formula is C18H19N2O3+. The number of aryl methyl sites for hydroxylation is 1. The molecular weight excluding hydrogens is 292 g/mol. The summed E-state index contributed by atoms with van der Waals surface area (Å²) >= 11 is 0. The van der Waals surface area contributed by atoms with Crippen LogP contribution < -0.4 is 0 Å². The number of nitrogens with zero attached hydrogens (tertiary/aromatic N) is 2. The third-order valence-electron chi connectivity index (χ3n) is 4.08. The Hall–Kier alpha value is -2.69. The third-order valence-corrected chi connectivity index (χ3v) is 4.08. The molecule has 23 heavy (non-hydrogen) atoms. The van der Waals surface area contributed by atoms with Gasteiger partial charge in [-0.2, -0.15) is 0 Å². The molecule has 0 atom stereocenters. The van der Waals surface area contributed by atoms with Crippen molar-refractivity contribution in [1.82, 2.24) is 4.57 Å². The van der Waals surface area contributed by atoms with Crippen molar-refractivity contribution in [2.45, 2.75) is 26.8 Å². The number of hydrogen-bond acceptors (Lipinski definition) is 3. The van der Waals surface area contributed by atoms with E-state index in [0.29, 0.717) is 16.2 Å². The molecule has 3 rings (SSSR count). The van der Waals surface area contributed by atoms with Crippen molar-refractivity contribution in [3.05, 3.63) is 46.9 Å². The van der Waals surface area contributed by atoms with Gasteiger partial charge < -0.3 is 4.57 Å². The minimum Gasteiger partial charge on any atom is -0.340 e. The molecule has 0 fully saturated rings. The maximum absolute atomic E-state index is 11.7. The fourth-order valence-corrected chi connectivity index (χ4v) is 2.99. The predicted octanol–water partition coefficient (Wildman–Crippen LogP) is 4.38. The highest BCUT2D eigenvalue weighted by atomic mass is 16.8. The largest absolute Gasteiger partial charge is 0.340 e. The second-order valence-electron chi connectivity index (χ2n) is 5.58. The van der Waals surface area contributed by atoms with Gasteiger partial charge in [-0.05, 0) is 37.6 Å². The first-order chi connectivity index (χ1) is 11.1. The van der Waals surface area contributed by atoms with Gasteiger partial charge in [0.05, 0.1) is 4.91 Å². The average Bonchev–Trinajstić information content (AvgIpc) is 2.87. The van der Waals surface area contributed by atoms with E-state index in [1.54, 1.807) is 13.0 Å². The number of fused-ring (bicyclic) bond motifs is 3. The molecule has 0 aliphatic carbocycles. The SMILES string of the molecule is CCCn1c2ccc(C(C)=O)cc2c2cc([N+](=O)OC)ccc21. The molecule has 0 saturated carbocycles. The Bertz CT molecular complexity index is 925. The Kier molecular flexibility index (Phi) is 3.86. The van der Waals surface area contributed by atoms with Crippen LogP contribution >= 0.6 is 0 Å². The van der Waals surface area contributed by atoms with Gasteiger partial charge in [0.25, 0.3) is 4.92 Å². The van der Waals surface area contributed by atoms with E-state index in [-0.39, 0.29) is 5.78 Å². The van der Waals surface area contributed by atoms with Crippen molar-refractivity contribution in [1.29, 1.82) is 0 Å². The zero-order chi connectivity index (χ0) is 16.6. The lowest BCUT2D eigenvalue weighted by Gasteiger charge is -2.05. The van der Waals surface area contributed by atoms with Crippen molar-refractivity contribution in [2.75, 3.05) is 7.11 Å². The number of benzene rings is 2. The molecule has 5 nitrogen and oxygen atoms in total. The summed E-state index contributed by atoms with van der Waals surface area (Å²) in [5, 5.41) is 1.93. The van der Waals surface area contributed by atoms with E-state index in [9.17, 15) is 9.70 Å². The first-order valence-electron chi connectivity index (χ1n) is 7.65. The van der Waals surface area contributed by atoms with Crippen LogP contribution in [0.15, 0.2) is 36.4 Å². The summed E-state index contributed by atoms with van der Waals surface area (Å²) in [5.74, 6) is 0.0294. The molecule has 5 heteroatoms. The summed E-state index contributed by atoms with van der Waals surface area (Å²) in [5.41, 5.74) is 3.22. The summed E-state index contributed by atoms with van der Waals surface area (Å²) in [6.07, 6.45) is 1.00. The van der Waals surface area contributed by atoms with Crippen LogP contribution in [0, 0.1) is 4.91 Å². The molecule has 1 heterocycles. The number of carbonyl (C=O) groups excluding carboxylic acids is 1. The Morgan fingerprint density at radius 2 is 1.78 bits per heavy atom. The van der Waals surface area contributed by atoms with E-state index in [0.717, 1.165) is 34.8 Å². The fourth-order valence-electron chi connectivity index (χ4n) is 2.99. The molecule has 0 unspecified atom stereocenters. The predicted molar refractivity (Wildman–Crippen MR) is 90.0 cm³/mol. The molecule has 1 aromatic heterocycles. The van der Waals surface area contributed by atoms with Crippen LogP contribution in [0.25, 0.3) is 21.8 Å². The number of carbonyl (C=O) groups is 1. The van der Waals surface area contributed by atoms with Crippen LogP contribution in [-0.2, 0) is 11.4 Å². The highest BCUT2D eigenvalue weighted by Gasteiger charge is 2.19. The van der Waals surface area contributed by atoms with Crippen molar-refractivity contribution >= 4 is 33.3 Å². The molecule has 118 valence electrons. The van der Waals surface area contributed by atoms with Gasteiger partial charge in [-0.3, -0.25) is 4.79 Å². The van der Waals surface area contributed by atoms with E-state index in [2.05, 4.69) is 11.5 Å². The lowest BCUT2D eigenvalue weighted by atomic mass is 10.1. The van der Waals surface area contributed by atoms with E-state index >= 15 is 0 Å². The summed E-state index contributed by atoms with van der Waals surface area (Å²) in [6.45, 7) is 4.56. The third kappa shape index (κ3) is 2.48. The molecule has 0 aliphatic heterocycles. The van der Waals surface area contributed by atoms with Crippen molar-refractivity contribution in [3.8, 4) is 0 Å². The lowest BCUT2D eigenvalue weighted by molar-refractivity contribution is -0.736. The van der Waals surface area contributed by atoms with Crippen molar-refractivity contribution in [2.24, 2.45) is 0 Å².